The van der Waals surface area contributed by atoms with Crippen molar-refractivity contribution in [2.24, 2.45) is 5.92 Å². The highest BCUT2D eigenvalue weighted by Crippen LogP contribution is 2.43. The topological polar surface area (TPSA) is 12.0 Å². The number of hydrogen-bond donors (Lipinski definition) is 1. The van der Waals surface area contributed by atoms with Crippen LogP contribution in [0.5, 0.6) is 0 Å². The molecule has 3 rings (SSSR count). The number of anilines is 1. The van der Waals surface area contributed by atoms with Gasteiger partial charge in [0.25, 0.3) is 0 Å². The predicted octanol–water partition coefficient (Wildman–Crippen LogP) is 5.18. The minimum atomic E-state index is -0.356. The summed E-state index contributed by atoms with van der Waals surface area (Å²) in [4.78, 5) is 0. The maximum absolute atomic E-state index is 13.1. The van der Waals surface area contributed by atoms with Crippen LogP contribution in [0.15, 0.2) is 42.5 Å². The van der Waals surface area contributed by atoms with Gasteiger partial charge in [0.2, 0.25) is 0 Å². The Morgan fingerprint density at radius 1 is 1.00 bits per heavy atom. The van der Waals surface area contributed by atoms with Crippen molar-refractivity contribution in [3.05, 3.63) is 64.7 Å². The van der Waals surface area contributed by atoms with Crippen molar-refractivity contribution in [3.63, 3.8) is 0 Å². The Hall–Kier alpha value is -1.61. The molecule has 1 aliphatic carbocycles. The first-order valence-electron chi connectivity index (χ1n) is 6.60. The lowest BCUT2D eigenvalue weighted by Crippen LogP contribution is -2.13. The molecule has 0 saturated heterocycles. The zero-order valence-corrected chi connectivity index (χ0v) is 11.5. The van der Waals surface area contributed by atoms with Gasteiger partial charge in [-0.05, 0) is 54.7 Å². The van der Waals surface area contributed by atoms with E-state index in [1.807, 2.05) is 0 Å². The summed E-state index contributed by atoms with van der Waals surface area (Å²) in [7, 11) is 0. The molecule has 0 aromatic heterocycles. The maximum atomic E-state index is 13.1. The van der Waals surface area contributed by atoms with Crippen molar-refractivity contribution in [3.8, 4) is 0 Å². The maximum Gasteiger partial charge on any atom is 0.124 e. The lowest BCUT2D eigenvalue weighted by Gasteiger charge is -2.21. The zero-order chi connectivity index (χ0) is 14.1. The quantitative estimate of drug-likeness (QED) is 0.819. The molecule has 1 N–H and O–H groups in total. The summed E-state index contributed by atoms with van der Waals surface area (Å²) < 4.78 is 26.1. The van der Waals surface area contributed by atoms with Gasteiger partial charge < -0.3 is 5.32 Å². The Kier molecular flexibility index (Phi) is 3.62. The molecule has 2 aromatic carbocycles. The molecule has 1 fully saturated rings. The van der Waals surface area contributed by atoms with Crippen molar-refractivity contribution in [1.82, 2.24) is 0 Å². The number of nitrogens with one attached hydrogen (secondary N) is 1. The second-order valence-electron chi connectivity index (χ2n) is 5.14. The van der Waals surface area contributed by atoms with Crippen LogP contribution in [0.2, 0.25) is 5.02 Å². The number of hydrogen-bond acceptors (Lipinski definition) is 1. The molecule has 20 heavy (non-hydrogen) atoms. The lowest BCUT2D eigenvalue weighted by atomic mass is 10.0. The highest BCUT2D eigenvalue weighted by molar-refractivity contribution is 6.33. The van der Waals surface area contributed by atoms with E-state index in [9.17, 15) is 8.78 Å². The molecule has 0 heterocycles. The molecule has 104 valence electrons. The van der Waals surface area contributed by atoms with Gasteiger partial charge >= 0.3 is 0 Å². The van der Waals surface area contributed by atoms with Gasteiger partial charge in [-0.15, -0.1) is 0 Å². The van der Waals surface area contributed by atoms with E-state index < -0.39 is 0 Å². The molecule has 0 amide bonds. The number of halogens is 3. The van der Waals surface area contributed by atoms with E-state index in [0.717, 1.165) is 18.4 Å². The van der Waals surface area contributed by atoms with Gasteiger partial charge in [0.1, 0.15) is 11.6 Å². The van der Waals surface area contributed by atoms with E-state index in [2.05, 4.69) is 5.32 Å². The Morgan fingerprint density at radius 3 is 2.25 bits per heavy atom. The van der Waals surface area contributed by atoms with Gasteiger partial charge in [-0.3, -0.25) is 0 Å². The van der Waals surface area contributed by atoms with Crippen LogP contribution in [0.1, 0.15) is 24.4 Å². The monoisotopic (exact) mass is 293 g/mol. The van der Waals surface area contributed by atoms with Crippen LogP contribution in [0.25, 0.3) is 0 Å². The summed E-state index contributed by atoms with van der Waals surface area (Å²) in [6, 6.07) is 10.9. The van der Waals surface area contributed by atoms with Crippen LogP contribution in [0.3, 0.4) is 0 Å². The van der Waals surface area contributed by atoms with E-state index in [4.69, 9.17) is 11.6 Å². The van der Waals surface area contributed by atoms with Gasteiger partial charge in [0.05, 0.1) is 16.8 Å². The van der Waals surface area contributed by atoms with Crippen LogP contribution < -0.4 is 5.32 Å². The molecule has 0 spiro atoms. The smallest absolute Gasteiger partial charge is 0.124 e. The number of rotatable bonds is 4. The highest BCUT2D eigenvalue weighted by atomic mass is 35.5. The van der Waals surface area contributed by atoms with Crippen LogP contribution in [-0.4, -0.2) is 0 Å². The van der Waals surface area contributed by atoms with Crippen molar-refractivity contribution in [2.45, 2.75) is 18.9 Å². The Bertz CT molecular complexity index is 608. The van der Waals surface area contributed by atoms with E-state index in [1.165, 1.54) is 24.3 Å². The van der Waals surface area contributed by atoms with Gasteiger partial charge in [0, 0.05) is 0 Å². The fourth-order valence-corrected chi connectivity index (χ4v) is 2.57. The zero-order valence-electron chi connectivity index (χ0n) is 10.7. The number of benzene rings is 2. The van der Waals surface area contributed by atoms with E-state index >= 15 is 0 Å². The predicted molar refractivity (Wildman–Crippen MR) is 76.9 cm³/mol. The largest absolute Gasteiger partial charge is 0.377 e. The molecule has 1 atom stereocenters. The molecule has 0 radical (unpaired) electrons. The van der Waals surface area contributed by atoms with Crippen LogP contribution >= 0.6 is 11.6 Å². The van der Waals surface area contributed by atoms with Crippen molar-refractivity contribution < 1.29 is 8.78 Å². The summed E-state index contributed by atoms with van der Waals surface area (Å²) in [5, 5.41) is 3.71. The third-order valence-electron chi connectivity index (χ3n) is 3.56. The first kappa shape index (κ1) is 13.4. The molecule has 4 heteroatoms. The van der Waals surface area contributed by atoms with Gasteiger partial charge in [-0.1, -0.05) is 23.7 Å². The second kappa shape index (κ2) is 5.41. The van der Waals surface area contributed by atoms with Crippen LogP contribution in [0.4, 0.5) is 14.5 Å². The van der Waals surface area contributed by atoms with Gasteiger partial charge in [-0.2, -0.15) is 0 Å². The first-order chi connectivity index (χ1) is 9.63. The average Bonchev–Trinajstić information content (AvgIpc) is 3.24. The van der Waals surface area contributed by atoms with Crippen LogP contribution in [0, 0.1) is 17.6 Å². The molecular weight excluding hydrogens is 280 g/mol. The van der Waals surface area contributed by atoms with Crippen molar-refractivity contribution >= 4 is 17.3 Å². The van der Waals surface area contributed by atoms with Gasteiger partial charge in [-0.25, -0.2) is 8.78 Å². The van der Waals surface area contributed by atoms with E-state index in [1.54, 1.807) is 18.2 Å². The summed E-state index contributed by atoms with van der Waals surface area (Å²) in [6.45, 7) is 0. The lowest BCUT2D eigenvalue weighted by molar-refractivity contribution is 0.621. The van der Waals surface area contributed by atoms with E-state index in [-0.39, 0.29) is 17.7 Å². The first-order valence-corrected chi connectivity index (χ1v) is 6.98. The average molecular weight is 294 g/mol. The van der Waals surface area contributed by atoms with E-state index in [0.29, 0.717) is 16.6 Å². The normalized spacial score (nSPS) is 15.9. The SMILES string of the molecule is Fc1ccc(C(Nc2ccc(F)cc2Cl)C2CC2)cc1. The summed E-state index contributed by atoms with van der Waals surface area (Å²) in [5.74, 6) is -0.0880. The van der Waals surface area contributed by atoms with Crippen molar-refractivity contribution in [2.75, 3.05) is 5.32 Å². The molecule has 1 unspecified atom stereocenters. The summed E-state index contributed by atoms with van der Waals surface area (Å²) >= 11 is 6.05. The molecule has 1 saturated carbocycles. The van der Waals surface area contributed by atoms with Gasteiger partial charge in [0.15, 0.2) is 0 Å². The Labute approximate surface area is 121 Å². The fourth-order valence-electron chi connectivity index (χ4n) is 2.35. The fraction of sp³-hybridized carbons (Fsp3) is 0.250. The van der Waals surface area contributed by atoms with Crippen LogP contribution in [-0.2, 0) is 0 Å². The summed E-state index contributed by atoms with van der Waals surface area (Å²) in [5.41, 5.74) is 1.73. The standard InChI is InChI=1S/C16H14ClF2N/c17-14-9-13(19)7-8-15(14)20-16(10-1-2-10)11-3-5-12(18)6-4-11/h3-10,16,20H,1-2H2. The molecular formula is C16H14ClF2N. The highest BCUT2D eigenvalue weighted by Gasteiger charge is 2.32. The Morgan fingerprint density at radius 2 is 1.65 bits per heavy atom. The molecule has 1 nitrogen and oxygen atoms in total. The Balaban J connectivity index is 1.86. The van der Waals surface area contributed by atoms with Crippen molar-refractivity contribution in [1.29, 1.82) is 0 Å². The second-order valence-corrected chi connectivity index (χ2v) is 5.54. The molecule has 0 bridgehead atoms. The molecule has 2 aromatic rings. The third-order valence-corrected chi connectivity index (χ3v) is 3.88. The minimum absolute atomic E-state index is 0.0820. The summed E-state index contributed by atoms with van der Waals surface area (Å²) in [6.07, 6.45) is 2.27. The molecule has 1 aliphatic rings. The molecule has 0 aliphatic heterocycles. The minimum Gasteiger partial charge on any atom is -0.377 e. The third kappa shape index (κ3) is 2.93.